The number of carbonyl (C=O) groups excluding carboxylic acids is 1. The Labute approximate surface area is 113 Å². The maximum Gasteiger partial charge on any atom is 0.283 e. The third-order valence-electron chi connectivity index (χ3n) is 2.43. The van der Waals surface area contributed by atoms with E-state index < -0.39 is 11.0 Å². The van der Waals surface area contributed by atoms with Crippen molar-refractivity contribution < 1.29 is 9.72 Å². The molecule has 0 radical (unpaired) electrons. The van der Waals surface area contributed by atoms with Gasteiger partial charge in [-0.15, -0.1) is 0 Å². The van der Waals surface area contributed by atoms with Crippen molar-refractivity contribution in [3.63, 3.8) is 0 Å². The van der Waals surface area contributed by atoms with Crippen LogP contribution in [0.4, 0.5) is 11.4 Å². The molecule has 18 heavy (non-hydrogen) atoms. The topological polar surface area (TPSA) is 98.3 Å². The summed E-state index contributed by atoms with van der Waals surface area (Å²) < 4.78 is 0.309. The molecule has 1 rings (SSSR count). The van der Waals surface area contributed by atoms with Gasteiger partial charge in [-0.2, -0.15) is 0 Å². The Bertz CT molecular complexity index is 477. The minimum absolute atomic E-state index is 0.0199. The van der Waals surface area contributed by atoms with Crippen molar-refractivity contribution in [1.29, 1.82) is 0 Å². The van der Waals surface area contributed by atoms with Crippen LogP contribution in [0, 0.1) is 16.0 Å². The molecule has 98 valence electrons. The lowest BCUT2D eigenvalue weighted by Crippen LogP contribution is -2.39. The Hall–Kier alpha value is -1.47. The van der Waals surface area contributed by atoms with Crippen molar-refractivity contribution in [1.82, 2.24) is 0 Å². The summed E-state index contributed by atoms with van der Waals surface area (Å²) >= 11 is 3.08. The number of amides is 1. The number of nitro benzene ring substituents is 1. The van der Waals surface area contributed by atoms with Gasteiger partial charge in [-0.25, -0.2) is 0 Å². The van der Waals surface area contributed by atoms with Gasteiger partial charge in [0.15, 0.2) is 0 Å². The number of rotatable bonds is 4. The molecule has 1 aromatic rings. The number of nitrogens with two attached hydrogens (primary N) is 1. The van der Waals surface area contributed by atoms with Gasteiger partial charge in [0, 0.05) is 11.8 Å². The summed E-state index contributed by atoms with van der Waals surface area (Å²) in [4.78, 5) is 21.8. The molecule has 3 N–H and O–H groups in total. The lowest BCUT2D eigenvalue weighted by Gasteiger charge is -2.15. The van der Waals surface area contributed by atoms with Gasteiger partial charge in [0.2, 0.25) is 5.91 Å². The first-order chi connectivity index (χ1) is 8.32. The number of nitro groups is 1. The monoisotopic (exact) mass is 315 g/mol. The van der Waals surface area contributed by atoms with E-state index in [2.05, 4.69) is 21.2 Å². The Morgan fingerprint density at radius 3 is 2.56 bits per heavy atom. The molecule has 0 spiro atoms. The first-order valence-electron chi connectivity index (χ1n) is 5.33. The lowest BCUT2D eigenvalue weighted by atomic mass is 10.0. The van der Waals surface area contributed by atoms with E-state index in [1.54, 1.807) is 0 Å². The smallest absolute Gasteiger partial charge is 0.283 e. The average molecular weight is 316 g/mol. The summed E-state index contributed by atoms with van der Waals surface area (Å²) in [5.41, 5.74) is 6.10. The molecule has 0 aliphatic rings. The van der Waals surface area contributed by atoms with Gasteiger partial charge in [0.25, 0.3) is 5.69 Å². The normalized spacial score (nSPS) is 12.3. The van der Waals surface area contributed by atoms with Gasteiger partial charge in [-0.05, 0) is 34.0 Å². The Morgan fingerprint density at radius 2 is 2.11 bits per heavy atom. The van der Waals surface area contributed by atoms with E-state index in [4.69, 9.17) is 5.73 Å². The predicted octanol–water partition coefficient (Wildman–Crippen LogP) is 2.28. The van der Waals surface area contributed by atoms with Gasteiger partial charge in [-0.3, -0.25) is 14.9 Å². The lowest BCUT2D eigenvalue weighted by molar-refractivity contribution is -0.385. The van der Waals surface area contributed by atoms with E-state index in [0.29, 0.717) is 10.2 Å². The fourth-order valence-electron chi connectivity index (χ4n) is 1.26. The predicted molar refractivity (Wildman–Crippen MR) is 72.2 cm³/mol. The van der Waals surface area contributed by atoms with Crippen LogP contribution in [0.25, 0.3) is 0 Å². The maximum absolute atomic E-state index is 11.7. The van der Waals surface area contributed by atoms with Crippen molar-refractivity contribution in [2.75, 3.05) is 5.32 Å². The molecule has 0 unspecified atom stereocenters. The van der Waals surface area contributed by atoms with Crippen LogP contribution in [0.5, 0.6) is 0 Å². The zero-order valence-electron chi connectivity index (χ0n) is 10.0. The van der Waals surface area contributed by atoms with Crippen molar-refractivity contribution in [2.45, 2.75) is 19.9 Å². The molecular formula is C11H14BrN3O3. The summed E-state index contributed by atoms with van der Waals surface area (Å²) in [7, 11) is 0. The highest BCUT2D eigenvalue weighted by Crippen LogP contribution is 2.27. The summed E-state index contributed by atoms with van der Waals surface area (Å²) in [5, 5.41) is 13.2. The van der Waals surface area contributed by atoms with E-state index >= 15 is 0 Å². The molecule has 0 fully saturated rings. The molecule has 0 saturated carbocycles. The Balaban J connectivity index is 2.84. The number of hydrogen-bond donors (Lipinski definition) is 2. The molecular weight excluding hydrogens is 302 g/mol. The van der Waals surface area contributed by atoms with Crippen LogP contribution in [0.2, 0.25) is 0 Å². The summed E-state index contributed by atoms with van der Waals surface area (Å²) in [5.74, 6) is -0.294. The maximum atomic E-state index is 11.7. The third kappa shape index (κ3) is 3.51. The molecule has 0 bridgehead atoms. The molecule has 1 atom stereocenters. The summed E-state index contributed by atoms with van der Waals surface area (Å²) in [6, 6.07) is 3.65. The SMILES string of the molecule is CC(C)[C@H](N)C(=O)Nc1ccc([N+](=O)[O-])c(Br)c1. The standard InChI is InChI=1S/C11H14BrN3O3/c1-6(2)10(13)11(16)14-7-3-4-9(15(17)18)8(12)5-7/h3-6,10H,13H2,1-2H3,(H,14,16)/t10-/m0/s1. The molecule has 0 heterocycles. The van der Waals surface area contributed by atoms with Crippen LogP contribution in [0.1, 0.15) is 13.8 Å². The number of nitrogens with one attached hydrogen (secondary N) is 1. The molecule has 0 aliphatic carbocycles. The second kappa shape index (κ2) is 5.92. The zero-order chi connectivity index (χ0) is 13.9. The molecule has 6 nitrogen and oxygen atoms in total. The van der Waals surface area contributed by atoms with Crippen molar-refractivity contribution in [3.05, 3.63) is 32.8 Å². The second-order valence-electron chi connectivity index (χ2n) is 4.18. The second-order valence-corrected chi connectivity index (χ2v) is 5.04. The summed E-state index contributed by atoms with van der Waals surface area (Å²) in [6.45, 7) is 3.69. The van der Waals surface area contributed by atoms with Crippen LogP contribution in [0.15, 0.2) is 22.7 Å². The van der Waals surface area contributed by atoms with Crippen molar-refractivity contribution >= 4 is 33.2 Å². The highest BCUT2D eigenvalue weighted by molar-refractivity contribution is 9.10. The Morgan fingerprint density at radius 1 is 1.50 bits per heavy atom. The molecule has 1 aromatic carbocycles. The largest absolute Gasteiger partial charge is 0.325 e. The molecule has 1 amide bonds. The van der Waals surface area contributed by atoms with Crippen LogP contribution in [-0.4, -0.2) is 16.9 Å². The van der Waals surface area contributed by atoms with E-state index in [9.17, 15) is 14.9 Å². The van der Waals surface area contributed by atoms with Gasteiger partial charge < -0.3 is 11.1 Å². The van der Waals surface area contributed by atoms with Crippen molar-refractivity contribution in [3.8, 4) is 0 Å². The molecule has 0 aliphatic heterocycles. The minimum Gasteiger partial charge on any atom is -0.325 e. The fourth-order valence-corrected chi connectivity index (χ4v) is 1.78. The number of benzene rings is 1. The highest BCUT2D eigenvalue weighted by Gasteiger charge is 2.18. The Kier molecular flexibility index (Phi) is 4.80. The van der Waals surface area contributed by atoms with Gasteiger partial charge in [0.1, 0.15) is 0 Å². The molecule has 0 saturated heterocycles. The van der Waals surface area contributed by atoms with Crippen LogP contribution < -0.4 is 11.1 Å². The van der Waals surface area contributed by atoms with Crippen LogP contribution >= 0.6 is 15.9 Å². The van der Waals surface area contributed by atoms with Gasteiger partial charge >= 0.3 is 0 Å². The van der Waals surface area contributed by atoms with Crippen LogP contribution in [0.3, 0.4) is 0 Å². The average Bonchev–Trinajstić information content (AvgIpc) is 2.27. The number of anilines is 1. The van der Waals surface area contributed by atoms with Crippen LogP contribution in [-0.2, 0) is 4.79 Å². The number of carbonyl (C=O) groups is 1. The van der Waals surface area contributed by atoms with E-state index in [1.165, 1.54) is 18.2 Å². The molecule has 0 aromatic heterocycles. The number of nitrogens with zero attached hydrogens (tertiary/aromatic N) is 1. The molecule has 7 heteroatoms. The van der Waals surface area contributed by atoms with E-state index in [-0.39, 0.29) is 17.5 Å². The quantitative estimate of drug-likeness (QED) is 0.657. The van der Waals surface area contributed by atoms with Gasteiger partial charge in [-0.1, -0.05) is 13.8 Å². The summed E-state index contributed by atoms with van der Waals surface area (Å²) in [6.07, 6.45) is 0. The third-order valence-corrected chi connectivity index (χ3v) is 3.07. The van der Waals surface area contributed by atoms with Gasteiger partial charge in [0.05, 0.1) is 15.4 Å². The first-order valence-corrected chi connectivity index (χ1v) is 6.12. The van der Waals surface area contributed by atoms with Crippen molar-refractivity contribution in [2.24, 2.45) is 11.7 Å². The number of halogens is 1. The van der Waals surface area contributed by atoms with E-state index in [0.717, 1.165) is 0 Å². The zero-order valence-corrected chi connectivity index (χ0v) is 11.6. The highest BCUT2D eigenvalue weighted by atomic mass is 79.9. The first kappa shape index (κ1) is 14.6. The number of hydrogen-bond acceptors (Lipinski definition) is 4. The minimum atomic E-state index is -0.612. The fraction of sp³-hybridized carbons (Fsp3) is 0.364. The van der Waals surface area contributed by atoms with E-state index in [1.807, 2.05) is 13.8 Å².